The summed E-state index contributed by atoms with van der Waals surface area (Å²) >= 11 is 1.74. The lowest BCUT2D eigenvalue weighted by Gasteiger charge is -2.18. The van der Waals surface area contributed by atoms with E-state index in [0.717, 1.165) is 12.8 Å². The van der Waals surface area contributed by atoms with E-state index < -0.39 is 9.84 Å². The van der Waals surface area contributed by atoms with Gasteiger partial charge in [0.15, 0.2) is 5.96 Å². The van der Waals surface area contributed by atoms with Gasteiger partial charge in [-0.15, -0.1) is 11.8 Å². The Bertz CT molecular complexity index is 711. The average Bonchev–Trinajstić information content (AvgIpc) is 3.26. The molecule has 0 heterocycles. The van der Waals surface area contributed by atoms with E-state index in [9.17, 15) is 8.42 Å². The van der Waals surface area contributed by atoms with Crippen LogP contribution in [0.25, 0.3) is 0 Å². The number of hydrogen-bond donors (Lipinski definition) is 2. The molecule has 0 amide bonds. The number of guanidine groups is 1. The van der Waals surface area contributed by atoms with Crippen LogP contribution in [0.5, 0.6) is 0 Å². The third kappa shape index (κ3) is 5.70. The first-order valence-corrected chi connectivity index (χ1v) is 11.3. The predicted octanol–water partition coefficient (Wildman–Crippen LogP) is 2.21. The summed E-state index contributed by atoms with van der Waals surface area (Å²) in [7, 11) is -1.21. The molecular weight excluding hydrogens is 342 g/mol. The molecule has 1 aliphatic rings. The molecule has 1 saturated carbocycles. The highest BCUT2D eigenvalue weighted by atomic mass is 32.2. The molecule has 0 unspecified atom stereocenters. The lowest BCUT2D eigenvalue weighted by molar-refractivity contribution is 0.529. The number of rotatable bonds is 7. The summed E-state index contributed by atoms with van der Waals surface area (Å²) in [5.41, 5.74) is 2.37. The van der Waals surface area contributed by atoms with Crippen molar-refractivity contribution in [2.75, 3.05) is 31.9 Å². The maximum Gasteiger partial charge on any atom is 0.191 e. The van der Waals surface area contributed by atoms with Gasteiger partial charge in [0.2, 0.25) is 0 Å². The van der Waals surface area contributed by atoms with Gasteiger partial charge in [-0.1, -0.05) is 12.1 Å². The minimum absolute atomic E-state index is 0.112. The third-order valence-electron chi connectivity index (χ3n) is 4.27. The maximum absolute atomic E-state index is 11.5. The lowest BCUT2D eigenvalue weighted by Crippen LogP contribution is -2.41. The number of aliphatic imine (C=N–C) groups is 1. The number of sulfone groups is 1. The number of nitrogens with zero attached hydrogens (tertiary/aromatic N) is 1. The Kier molecular flexibility index (Phi) is 6.20. The van der Waals surface area contributed by atoms with Crippen LogP contribution in [0.1, 0.15) is 24.0 Å². The standard InChI is InChI=1S/C17H27N3O2S2/c1-13-5-6-14(15(9-13)23-3)10-19-16(18-2)20-11-17(7-8-17)12-24(4,21)22/h5-6,9H,7-8,10-12H2,1-4H3,(H2,18,19,20). The maximum atomic E-state index is 11.5. The lowest BCUT2D eigenvalue weighted by atomic mass is 10.1. The number of hydrogen-bond acceptors (Lipinski definition) is 4. The summed E-state index contributed by atoms with van der Waals surface area (Å²) in [5, 5.41) is 6.60. The van der Waals surface area contributed by atoms with Crippen molar-refractivity contribution in [2.24, 2.45) is 10.4 Å². The molecule has 0 aromatic heterocycles. The van der Waals surface area contributed by atoms with Gasteiger partial charge < -0.3 is 10.6 Å². The molecule has 0 bridgehead atoms. The smallest absolute Gasteiger partial charge is 0.191 e. The topological polar surface area (TPSA) is 70.6 Å². The fourth-order valence-corrected chi connectivity index (χ4v) is 4.98. The van der Waals surface area contributed by atoms with Crippen molar-refractivity contribution < 1.29 is 8.42 Å². The van der Waals surface area contributed by atoms with Crippen LogP contribution in [0.3, 0.4) is 0 Å². The Morgan fingerprint density at radius 3 is 2.58 bits per heavy atom. The number of nitrogens with one attached hydrogen (secondary N) is 2. The Morgan fingerprint density at radius 2 is 2.04 bits per heavy atom. The Labute approximate surface area is 149 Å². The van der Waals surface area contributed by atoms with E-state index in [4.69, 9.17) is 0 Å². The van der Waals surface area contributed by atoms with E-state index >= 15 is 0 Å². The van der Waals surface area contributed by atoms with Crippen molar-refractivity contribution in [3.8, 4) is 0 Å². The monoisotopic (exact) mass is 369 g/mol. The molecule has 5 nitrogen and oxygen atoms in total. The molecule has 2 N–H and O–H groups in total. The van der Waals surface area contributed by atoms with Crippen molar-refractivity contribution in [2.45, 2.75) is 31.2 Å². The van der Waals surface area contributed by atoms with Gasteiger partial charge in [-0.25, -0.2) is 8.42 Å². The van der Waals surface area contributed by atoms with Crippen LogP contribution in [0.15, 0.2) is 28.1 Å². The van der Waals surface area contributed by atoms with E-state index in [-0.39, 0.29) is 11.2 Å². The van der Waals surface area contributed by atoms with E-state index in [1.807, 2.05) is 0 Å². The molecule has 0 aliphatic heterocycles. The largest absolute Gasteiger partial charge is 0.356 e. The zero-order chi connectivity index (χ0) is 17.8. The molecule has 1 aromatic carbocycles. The Morgan fingerprint density at radius 1 is 1.33 bits per heavy atom. The van der Waals surface area contributed by atoms with E-state index in [2.05, 4.69) is 47.0 Å². The van der Waals surface area contributed by atoms with Gasteiger partial charge in [-0.3, -0.25) is 4.99 Å². The minimum Gasteiger partial charge on any atom is -0.356 e. The molecule has 1 fully saturated rings. The van der Waals surface area contributed by atoms with Gasteiger partial charge in [0.25, 0.3) is 0 Å². The van der Waals surface area contributed by atoms with Gasteiger partial charge in [-0.05, 0) is 43.2 Å². The van der Waals surface area contributed by atoms with Crippen LogP contribution in [-0.4, -0.2) is 46.2 Å². The molecule has 7 heteroatoms. The van der Waals surface area contributed by atoms with Gasteiger partial charge >= 0.3 is 0 Å². The van der Waals surface area contributed by atoms with Crippen molar-refractivity contribution in [1.29, 1.82) is 0 Å². The summed E-state index contributed by atoms with van der Waals surface area (Å²) in [6.45, 7) is 3.42. The molecule has 1 aromatic rings. The summed E-state index contributed by atoms with van der Waals surface area (Å²) in [6, 6.07) is 6.43. The zero-order valence-corrected chi connectivity index (χ0v) is 16.5. The SMILES string of the molecule is CN=C(NCc1ccc(C)cc1SC)NCC1(CS(C)(=O)=O)CC1. The van der Waals surface area contributed by atoms with E-state index in [0.29, 0.717) is 19.0 Å². The molecule has 24 heavy (non-hydrogen) atoms. The predicted molar refractivity (Wildman–Crippen MR) is 103 cm³/mol. The Balaban J connectivity index is 1.90. The number of aryl methyl sites for hydroxylation is 1. The molecule has 134 valence electrons. The minimum atomic E-state index is -2.95. The van der Waals surface area contributed by atoms with E-state index in [1.165, 1.54) is 22.3 Å². The first-order valence-electron chi connectivity index (χ1n) is 8.03. The summed E-state index contributed by atoms with van der Waals surface area (Å²) in [5.74, 6) is 0.959. The van der Waals surface area contributed by atoms with Crippen LogP contribution < -0.4 is 10.6 Å². The second-order valence-corrected chi connectivity index (χ2v) is 9.65. The van der Waals surface area contributed by atoms with Crippen LogP contribution in [-0.2, 0) is 16.4 Å². The van der Waals surface area contributed by atoms with Gasteiger partial charge in [0.05, 0.1) is 5.75 Å². The zero-order valence-electron chi connectivity index (χ0n) is 14.8. The van der Waals surface area contributed by atoms with Gasteiger partial charge in [0.1, 0.15) is 9.84 Å². The Hall–Kier alpha value is -1.21. The molecule has 2 rings (SSSR count). The highest BCUT2D eigenvalue weighted by Crippen LogP contribution is 2.45. The van der Waals surface area contributed by atoms with Crippen molar-refractivity contribution >= 4 is 27.6 Å². The molecule has 0 radical (unpaired) electrons. The first-order chi connectivity index (χ1) is 11.3. The van der Waals surface area contributed by atoms with E-state index in [1.54, 1.807) is 18.8 Å². The van der Waals surface area contributed by atoms with Crippen LogP contribution in [0, 0.1) is 12.3 Å². The van der Waals surface area contributed by atoms with Crippen LogP contribution >= 0.6 is 11.8 Å². The molecule has 1 aliphatic carbocycles. The van der Waals surface area contributed by atoms with Crippen molar-refractivity contribution in [1.82, 2.24) is 10.6 Å². The van der Waals surface area contributed by atoms with Gasteiger partial charge in [-0.2, -0.15) is 0 Å². The summed E-state index contributed by atoms with van der Waals surface area (Å²) in [6.07, 6.45) is 5.30. The summed E-state index contributed by atoms with van der Waals surface area (Å²) in [4.78, 5) is 5.50. The molecule has 0 spiro atoms. The molecule has 0 saturated heterocycles. The highest BCUT2D eigenvalue weighted by molar-refractivity contribution is 7.98. The normalized spacial score (nSPS) is 16.8. The third-order valence-corrected chi connectivity index (χ3v) is 6.23. The molecular formula is C17H27N3O2S2. The first kappa shape index (κ1) is 19.1. The average molecular weight is 370 g/mol. The van der Waals surface area contributed by atoms with Crippen LogP contribution in [0.4, 0.5) is 0 Å². The second-order valence-electron chi connectivity index (χ2n) is 6.66. The fraction of sp³-hybridized carbons (Fsp3) is 0.588. The second kappa shape index (κ2) is 7.78. The van der Waals surface area contributed by atoms with Gasteiger partial charge in [0, 0.05) is 36.7 Å². The summed E-state index contributed by atoms with van der Waals surface area (Å²) < 4.78 is 23.1. The number of benzene rings is 1. The number of thioether (sulfide) groups is 1. The van der Waals surface area contributed by atoms with Crippen molar-refractivity contribution in [3.05, 3.63) is 29.3 Å². The van der Waals surface area contributed by atoms with Crippen molar-refractivity contribution in [3.63, 3.8) is 0 Å². The highest BCUT2D eigenvalue weighted by Gasteiger charge is 2.45. The quantitative estimate of drug-likeness (QED) is 0.438. The fourth-order valence-electron chi connectivity index (χ4n) is 2.77. The molecule has 0 atom stereocenters. The van der Waals surface area contributed by atoms with Crippen LogP contribution in [0.2, 0.25) is 0 Å².